The summed E-state index contributed by atoms with van der Waals surface area (Å²) in [7, 11) is 0. The molecule has 1 fully saturated rings. The van der Waals surface area contributed by atoms with E-state index in [4.69, 9.17) is 9.47 Å². The Bertz CT molecular complexity index is 513. The number of piperazine rings is 1. The van der Waals surface area contributed by atoms with Crippen molar-refractivity contribution >= 4 is 18.1 Å². The molecule has 1 aliphatic heterocycles. The Morgan fingerprint density at radius 1 is 1.44 bits per heavy atom. The maximum absolute atomic E-state index is 12.4. The average molecular weight is 355 g/mol. The van der Waals surface area contributed by atoms with Gasteiger partial charge in [0.05, 0.1) is 6.04 Å². The van der Waals surface area contributed by atoms with Crippen LogP contribution in [0.15, 0.2) is 12.7 Å². The van der Waals surface area contributed by atoms with E-state index < -0.39 is 23.8 Å². The summed E-state index contributed by atoms with van der Waals surface area (Å²) in [5.74, 6) is -0.292. The van der Waals surface area contributed by atoms with Crippen LogP contribution in [0.1, 0.15) is 34.6 Å². The van der Waals surface area contributed by atoms with Gasteiger partial charge in [-0.2, -0.15) is 0 Å². The smallest absolute Gasteiger partial charge is 0.410 e. The minimum Gasteiger partial charge on any atom is -0.445 e. The number of nitrogens with one attached hydrogen (secondary N) is 1. The molecule has 142 valence electrons. The van der Waals surface area contributed by atoms with Crippen LogP contribution in [0.5, 0.6) is 0 Å². The molecule has 0 bridgehead atoms. The fourth-order valence-corrected chi connectivity index (χ4v) is 2.34. The van der Waals surface area contributed by atoms with E-state index in [1.54, 1.807) is 20.8 Å². The van der Waals surface area contributed by atoms with Gasteiger partial charge in [0, 0.05) is 19.1 Å². The quantitative estimate of drug-likeness (QED) is 0.759. The number of carbonyl (C=O) groups excluding carboxylic acids is 3. The fraction of sp³-hybridized carbons (Fsp3) is 0.706. The molecule has 0 aromatic heterocycles. The van der Waals surface area contributed by atoms with E-state index in [0.29, 0.717) is 0 Å². The van der Waals surface area contributed by atoms with Crippen LogP contribution < -0.4 is 5.32 Å². The molecule has 25 heavy (non-hydrogen) atoms. The Kier molecular flexibility index (Phi) is 7.26. The van der Waals surface area contributed by atoms with Crippen molar-refractivity contribution < 1.29 is 23.9 Å². The summed E-state index contributed by atoms with van der Waals surface area (Å²) < 4.78 is 10.4. The lowest BCUT2D eigenvalue weighted by atomic mass is 10.1. The van der Waals surface area contributed by atoms with Gasteiger partial charge in [0.15, 0.2) is 0 Å². The van der Waals surface area contributed by atoms with E-state index >= 15 is 0 Å². The van der Waals surface area contributed by atoms with Crippen LogP contribution in [0, 0.1) is 0 Å². The normalized spacial score (nSPS) is 17.8. The van der Waals surface area contributed by atoms with Gasteiger partial charge < -0.3 is 19.7 Å². The zero-order chi connectivity index (χ0) is 19.2. The van der Waals surface area contributed by atoms with Crippen LogP contribution in [-0.4, -0.2) is 71.8 Å². The van der Waals surface area contributed by atoms with Crippen molar-refractivity contribution in [2.24, 2.45) is 0 Å². The van der Waals surface area contributed by atoms with E-state index in [-0.39, 0.29) is 38.2 Å². The minimum atomic E-state index is -0.611. The highest BCUT2D eigenvalue weighted by Gasteiger charge is 2.33. The first-order valence-electron chi connectivity index (χ1n) is 8.35. The number of carbonyl (C=O) groups is 3. The third kappa shape index (κ3) is 7.03. The van der Waals surface area contributed by atoms with Crippen molar-refractivity contribution in [1.82, 2.24) is 15.1 Å². The van der Waals surface area contributed by atoms with Crippen molar-refractivity contribution in [1.29, 1.82) is 0 Å². The predicted molar refractivity (Wildman–Crippen MR) is 93.1 cm³/mol. The monoisotopic (exact) mass is 355 g/mol. The van der Waals surface area contributed by atoms with Gasteiger partial charge in [0.25, 0.3) is 0 Å². The van der Waals surface area contributed by atoms with E-state index in [1.807, 2.05) is 13.8 Å². The first-order valence-corrected chi connectivity index (χ1v) is 8.35. The Labute approximate surface area is 149 Å². The fourth-order valence-electron chi connectivity index (χ4n) is 2.34. The van der Waals surface area contributed by atoms with Crippen molar-refractivity contribution in [3.05, 3.63) is 12.7 Å². The topological polar surface area (TPSA) is 88.2 Å². The van der Waals surface area contributed by atoms with Gasteiger partial charge in [-0.3, -0.25) is 9.69 Å². The molecule has 0 aliphatic carbocycles. The summed E-state index contributed by atoms with van der Waals surface area (Å²) in [6.45, 7) is 13.1. The first kappa shape index (κ1) is 20.8. The van der Waals surface area contributed by atoms with Crippen LogP contribution in [-0.2, 0) is 14.3 Å². The van der Waals surface area contributed by atoms with Crippen molar-refractivity contribution in [3.63, 3.8) is 0 Å². The second-order valence-electron chi connectivity index (χ2n) is 7.24. The molecule has 0 saturated carbocycles. The van der Waals surface area contributed by atoms with Crippen LogP contribution in [0.2, 0.25) is 0 Å². The lowest BCUT2D eigenvalue weighted by Crippen LogP contribution is -2.60. The van der Waals surface area contributed by atoms with Gasteiger partial charge in [-0.1, -0.05) is 12.7 Å². The van der Waals surface area contributed by atoms with Crippen LogP contribution >= 0.6 is 0 Å². The molecular formula is C17H29N3O5. The Hall–Kier alpha value is -2.25. The average Bonchev–Trinajstić information content (AvgIpc) is 2.47. The highest BCUT2D eigenvalue weighted by atomic mass is 16.6. The molecule has 1 saturated heterocycles. The summed E-state index contributed by atoms with van der Waals surface area (Å²) in [6.07, 6.45) is 0.429. The van der Waals surface area contributed by atoms with Gasteiger partial charge in [-0.25, -0.2) is 9.59 Å². The first-order chi connectivity index (χ1) is 11.5. The number of amides is 3. The lowest BCUT2D eigenvalue weighted by molar-refractivity contribution is -0.125. The highest BCUT2D eigenvalue weighted by Crippen LogP contribution is 2.14. The van der Waals surface area contributed by atoms with Gasteiger partial charge in [0.1, 0.15) is 18.8 Å². The number of nitrogens with zero attached hydrogens (tertiary/aromatic N) is 2. The third-order valence-electron chi connectivity index (χ3n) is 3.39. The second kappa shape index (κ2) is 8.73. The summed E-state index contributed by atoms with van der Waals surface area (Å²) in [6, 6.07) is -0.512. The van der Waals surface area contributed by atoms with Gasteiger partial charge >= 0.3 is 12.2 Å². The molecule has 1 rings (SSSR count). The van der Waals surface area contributed by atoms with Gasteiger partial charge in [-0.15, -0.1) is 0 Å². The van der Waals surface area contributed by atoms with E-state index in [9.17, 15) is 14.4 Å². The number of hydrogen-bond donors (Lipinski definition) is 1. The molecule has 0 spiro atoms. The van der Waals surface area contributed by atoms with E-state index in [2.05, 4.69) is 11.9 Å². The molecular weight excluding hydrogens is 326 g/mol. The summed E-state index contributed by atoms with van der Waals surface area (Å²) in [4.78, 5) is 39.1. The van der Waals surface area contributed by atoms with Crippen LogP contribution in [0.3, 0.4) is 0 Å². The lowest BCUT2D eigenvalue weighted by Gasteiger charge is -2.37. The van der Waals surface area contributed by atoms with Crippen LogP contribution in [0.25, 0.3) is 0 Å². The largest absolute Gasteiger partial charge is 0.445 e. The Balaban J connectivity index is 2.76. The van der Waals surface area contributed by atoms with Gasteiger partial charge in [-0.05, 0) is 34.6 Å². The summed E-state index contributed by atoms with van der Waals surface area (Å²) in [5, 5.41) is 2.80. The molecule has 0 unspecified atom stereocenters. The second-order valence-corrected chi connectivity index (χ2v) is 7.24. The zero-order valence-electron chi connectivity index (χ0n) is 15.7. The SMILES string of the molecule is C=CCOC(=O)N1CC(=O)N[C@H](CN(C(=O)OC(C)(C)C)C(C)C)C1. The summed E-state index contributed by atoms with van der Waals surface area (Å²) in [5.41, 5.74) is -0.611. The molecule has 8 heteroatoms. The number of rotatable bonds is 5. The maximum atomic E-state index is 12.4. The number of ether oxygens (including phenoxy) is 2. The molecule has 0 aromatic rings. The van der Waals surface area contributed by atoms with E-state index in [0.717, 1.165) is 0 Å². The van der Waals surface area contributed by atoms with Gasteiger partial charge in [0.2, 0.25) is 5.91 Å². The number of hydrogen-bond acceptors (Lipinski definition) is 5. The molecule has 3 amide bonds. The predicted octanol–water partition coefficient (Wildman–Crippen LogP) is 1.75. The molecule has 1 N–H and O–H groups in total. The molecule has 0 radical (unpaired) electrons. The maximum Gasteiger partial charge on any atom is 0.410 e. The van der Waals surface area contributed by atoms with Crippen molar-refractivity contribution in [2.75, 3.05) is 26.2 Å². The minimum absolute atomic E-state index is 0.0689. The standard InChI is InChI=1S/C17H29N3O5/c1-7-8-24-15(22)19-9-13(18-14(21)11-19)10-20(12(2)3)16(23)25-17(4,5)6/h7,12-13H,1,8-11H2,2-6H3,(H,18,21)/t13-/m0/s1. The Morgan fingerprint density at radius 2 is 2.08 bits per heavy atom. The summed E-state index contributed by atoms with van der Waals surface area (Å²) >= 11 is 0. The third-order valence-corrected chi connectivity index (χ3v) is 3.39. The Morgan fingerprint density at radius 3 is 2.60 bits per heavy atom. The highest BCUT2D eigenvalue weighted by molar-refractivity contribution is 5.84. The molecule has 1 heterocycles. The molecule has 1 aliphatic rings. The van der Waals surface area contributed by atoms with E-state index in [1.165, 1.54) is 15.9 Å². The van der Waals surface area contributed by atoms with Crippen molar-refractivity contribution in [3.8, 4) is 0 Å². The molecule has 1 atom stereocenters. The zero-order valence-corrected chi connectivity index (χ0v) is 15.7. The molecule has 8 nitrogen and oxygen atoms in total. The molecule has 0 aromatic carbocycles. The van der Waals surface area contributed by atoms with Crippen molar-refractivity contribution in [2.45, 2.75) is 52.3 Å². The van der Waals surface area contributed by atoms with Crippen LogP contribution in [0.4, 0.5) is 9.59 Å².